The summed E-state index contributed by atoms with van der Waals surface area (Å²) in [4.78, 5) is 28.1. The summed E-state index contributed by atoms with van der Waals surface area (Å²) >= 11 is 6.14. The number of nitrogens with one attached hydrogen (secondary N) is 2. The number of benzene rings is 2. The van der Waals surface area contributed by atoms with Crippen LogP contribution in [0.25, 0.3) is 0 Å². The van der Waals surface area contributed by atoms with Crippen molar-refractivity contribution in [2.75, 3.05) is 10.6 Å². The number of pyridine rings is 1. The molecule has 5 nitrogen and oxygen atoms in total. The number of halogens is 1. The smallest absolute Gasteiger partial charge is 0.257 e. The molecule has 0 fully saturated rings. The standard InChI is InChI=1S/C21H18ClN3O2/c1-13-19(22)7-4-8-20(13)24-18-10-16(11-23-12-18)21(27)25-17-6-3-5-15(9-17)14(2)26/h3-12,24H,1-2H3,(H,25,27). The van der Waals surface area contributed by atoms with E-state index in [1.54, 1.807) is 36.5 Å². The van der Waals surface area contributed by atoms with Crippen LogP contribution in [0.5, 0.6) is 0 Å². The summed E-state index contributed by atoms with van der Waals surface area (Å²) in [6.07, 6.45) is 3.12. The number of nitrogens with zero attached hydrogens (tertiary/aromatic N) is 1. The molecule has 136 valence electrons. The molecule has 0 radical (unpaired) electrons. The van der Waals surface area contributed by atoms with E-state index in [4.69, 9.17) is 11.6 Å². The minimum Gasteiger partial charge on any atom is -0.354 e. The monoisotopic (exact) mass is 379 g/mol. The Morgan fingerprint density at radius 2 is 1.70 bits per heavy atom. The molecule has 0 atom stereocenters. The van der Waals surface area contributed by atoms with Crippen LogP contribution in [0.3, 0.4) is 0 Å². The molecule has 1 heterocycles. The molecule has 0 spiro atoms. The second-order valence-corrected chi connectivity index (χ2v) is 6.50. The minimum atomic E-state index is -0.310. The number of amides is 1. The molecule has 0 bridgehead atoms. The van der Waals surface area contributed by atoms with Crippen LogP contribution in [0.2, 0.25) is 5.02 Å². The average Bonchev–Trinajstić information content (AvgIpc) is 2.66. The summed E-state index contributed by atoms with van der Waals surface area (Å²) in [6, 6.07) is 14.1. The van der Waals surface area contributed by atoms with E-state index in [1.165, 1.54) is 13.1 Å². The number of carbonyl (C=O) groups is 2. The first-order valence-electron chi connectivity index (χ1n) is 8.33. The van der Waals surface area contributed by atoms with E-state index in [1.807, 2.05) is 25.1 Å². The lowest BCUT2D eigenvalue weighted by Crippen LogP contribution is -2.13. The summed E-state index contributed by atoms with van der Waals surface area (Å²) in [5, 5.41) is 6.67. The Balaban J connectivity index is 1.78. The number of hydrogen-bond donors (Lipinski definition) is 2. The van der Waals surface area contributed by atoms with Gasteiger partial charge in [-0.15, -0.1) is 0 Å². The van der Waals surface area contributed by atoms with Gasteiger partial charge in [-0.1, -0.05) is 29.8 Å². The van der Waals surface area contributed by atoms with Crippen molar-refractivity contribution in [2.45, 2.75) is 13.8 Å². The Morgan fingerprint density at radius 1 is 0.963 bits per heavy atom. The van der Waals surface area contributed by atoms with Gasteiger partial charge in [0.1, 0.15) is 0 Å². The predicted molar refractivity (Wildman–Crippen MR) is 108 cm³/mol. The van der Waals surface area contributed by atoms with Crippen molar-refractivity contribution in [1.29, 1.82) is 0 Å². The molecule has 1 aromatic heterocycles. The molecule has 3 rings (SSSR count). The molecule has 0 saturated carbocycles. The van der Waals surface area contributed by atoms with Gasteiger partial charge in [-0.25, -0.2) is 0 Å². The maximum Gasteiger partial charge on any atom is 0.257 e. The number of rotatable bonds is 5. The lowest BCUT2D eigenvalue weighted by Gasteiger charge is -2.11. The Hall–Kier alpha value is -3.18. The Bertz CT molecular complexity index is 1020. The van der Waals surface area contributed by atoms with E-state index in [2.05, 4.69) is 15.6 Å². The molecule has 0 aliphatic heterocycles. The third-order valence-electron chi connectivity index (χ3n) is 4.07. The Morgan fingerprint density at radius 3 is 2.48 bits per heavy atom. The Kier molecular flexibility index (Phi) is 5.52. The zero-order valence-electron chi connectivity index (χ0n) is 14.9. The lowest BCUT2D eigenvalue weighted by atomic mass is 10.1. The summed E-state index contributed by atoms with van der Waals surface area (Å²) in [7, 11) is 0. The molecular formula is C21H18ClN3O2. The van der Waals surface area contributed by atoms with Crippen molar-refractivity contribution in [3.05, 3.63) is 82.6 Å². The SMILES string of the molecule is CC(=O)c1cccc(NC(=O)c2cncc(Nc3cccc(Cl)c3C)c2)c1. The zero-order valence-corrected chi connectivity index (χ0v) is 15.7. The van der Waals surface area contributed by atoms with Crippen molar-refractivity contribution >= 4 is 40.4 Å². The number of hydrogen-bond acceptors (Lipinski definition) is 4. The van der Waals surface area contributed by atoms with Gasteiger partial charge in [0.25, 0.3) is 5.91 Å². The van der Waals surface area contributed by atoms with Crippen LogP contribution >= 0.6 is 11.6 Å². The molecule has 0 aliphatic rings. The molecule has 6 heteroatoms. The third-order valence-corrected chi connectivity index (χ3v) is 4.48. The van der Waals surface area contributed by atoms with Crippen LogP contribution in [0, 0.1) is 6.92 Å². The fourth-order valence-electron chi connectivity index (χ4n) is 2.55. The molecule has 27 heavy (non-hydrogen) atoms. The van der Waals surface area contributed by atoms with E-state index in [0.29, 0.717) is 27.5 Å². The van der Waals surface area contributed by atoms with Gasteiger partial charge < -0.3 is 10.6 Å². The highest BCUT2D eigenvalue weighted by molar-refractivity contribution is 6.31. The first-order chi connectivity index (χ1) is 12.9. The molecule has 0 saturated heterocycles. The quantitative estimate of drug-likeness (QED) is 0.594. The van der Waals surface area contributed by atoms with Crippen molar-refractivity contribution in [3.63, 3.8) is 0 Å². The van der Waals surface area contributed by atoms with Gasteiger partial charge in [-0.3, -0.25) is 14.6 Å². The van der Waals surface area contributed by atoms with Gasteiger partial charge >= 0.3 is 0 Å². The van der Waals surface area contributed by atoms with Gasteiger partial charge in [0.2, 0.25) is 0 Å². The average molecular weight is 380 g/mol. The predicted octanol–water partition coefficient (Wildman–Crippen LogP) is 5.24. The van der Waals surface area contributed by atoms with Crippen molar-refractivity contribution in [2.24, 2.45) is 0 Å². The van der Waals surface area contributed by atoms with Crippen molar-refractivity contribution in [3.8, 4) is 0 Å². The van der Waals surface area contributed by atoms with Gasteiger partial charge in [-0.05, 0) is 49.7 Å². The minimum absolute atomic E-state index is 0.0594. The van der Waals surface area contributed by atoms with E-state index in [9.17, 15) is 9.59 Å². The molecule has 2 aromatic carbocycles. The maximum absolute atomic E-state index is 12.5. The van der Waals surface area contributed by atoms with Crippen LogP contribution < -0.4 is 10.6 Å². The number of aromatic nitrogens is 1. The first-order valence-corrected chi connectivity index (χ1v) is 8.71. The van der Waals surface area contributed by atoms with Crippen LogP contribution in [-0.4, -0.2) is 16.7 Å². The summed E-state index contributed by atoms with van der Waals surface area (Å²) < 4.78 is 0. The van der Waals surface area contributed by atoms with Gasteiger partial charge in [0.05, 0.1) is 17.4 Å². The fourth-order valence-corrected chi connectivity index (χ4v) is 2.72. The van der Waals surface area contributed by atoms with E-state index < -0.39 is 0 Å². The van der Waals surface area contributed by atoms with Crippen LogP contribution in [-0.2, 0) is 0 Å². The first kappa shape index (κ1) is 18.6. The highest BCUT2D eigenvalue weighted by Crippen LogP contribution is 2.26. The number of anilines is 3. The topological polar surface area (TPSA) is 71.1 Å². The van der Waals surface area contributed by atoms with Crippen LogP contribution in [0.15, 0.2) is 60.9 Å². The third kappa shape index (κ3) is 4.51. The summed E-state index contributed by atoms with van der Waals surface area (Å²) in [6.45, 7) is 3.40. The lowest BCUT2D eigenvalue weighted by molar-refractivity contribution is 0.101. The normalized spacial score (nSPS) is 10.3. The maximum atomic E-state index is 12.5. The largest absolute Gasteiger partial charge is 0.354 e. The van der Waals surface area contributed by atoms with Crippen molar-refractivity contribution in [1.82, 2.24) is 4.98 Å². The number of carbonyl (C=O) groups excluding carboxylic acids is 2. The van der Waals surface area contributed by atoms with Crippen LogP contribution in [0.1, 0.15) is 33.2 Å². The number of ketones is 1. The molecule has 0 unspecified atom stereocenters. The van der Waals surface area contributed by atoms with E-state index >= 15 is 0 Å². The molecule has 1 amide bonds. The fraction of sp³-hybridized carbons (Fsp3) is 0.0952. The van der Waals surface area contributed by atoms with E-state index in [-0.39, 0.29) is 11.7 Å². The summed E-state index contributed by atoms with van der Waals surface area (Å²) in [5.41, 5.74) is 3.92. The Labute approximate surface area is 162 Å². The van der Waals surface area contributed by atoms with Gasteiger partial charge in [-0.2, -0.15) is 0 Å². The highest BCUT2D eigenvalue weighted by Gasteiger charge is 2.10. The van der Waals surface area contributed by atoms with Gasteiger partial charge in [0.15, 0.2) is 5.78 Å². The molecule has 3 aromatic rings. The second kappa shape index (κ2) is 8.01. The summed E-state index contributed by atoms with van der Waals surface area (Å²) in [5.74, 6) is -0.370. The van der Waals surface area contributed by atoms with E-state index in [0.717, 1.165) is 11.3 Å². The molecular weight excluding hydrogens is 362 g/mol. The van der Waals surface area contributed by atoms with Gasteiger partial charge in [0, 0.05) is 28.2 Å². The molecule has 0 aliphatic carbocycles. The van der Waals surface area contributed by atoms with Crippen LogP contribution in [0.4, 0.5) is 17.1 Å². The highest BCUT2D eigenvalue weighted by atomic mass is 35.5. The molecule has 2 N–H and O–H groups in total. The number of Topliss-reactive ketones (excluding diaryl/α,β-unsaturated/α-hetero) is 1. The van der Waals surface area contributed by atoms with Crippen molar-refractivity contribution < 1.29 is 9.59 Å². The zero-order chi connectivity index (χ0) is 19.4. The second-order valence-electron chi connectivity index (χ2n) is 6.09.